The van der Waals surface area contributed by atoms with Crippen LogP contribution in [0.4, 0.5) is 0 Å². The maximum absolute atomic E-state index is 10.2. The first-order valence-corrected chi connectivity index (χ1v) is 8.50. The number of rotatable bonds is 11. The van der Waals surface area contributed by atoms with Crippen LogP contribution in [-0.4, -0.2) is 11.2 Å². The lowest BCUT2D eigenvalue weighted by atomic mass is 9.89. The second kappa shape index (κ2) is 10.9. The highest BCUT2D eigenvalue weighted by molar-refractivity contribution is 5.19. The van der Waals surface area contributed by atoms with Crippen LogP contribution in [0.1, 0.15) is 83.1 Å². The Kier molecular flexibility index (Phi) is 9.40. The topological polar surface area (TPSA) is 20.2 Å². The lowest BCUT2D eigenvalue weighted by Crippen LogP contribution is -2.12. The average Bonchev–Trinajstić information content (AvgIpc) is 2.49. The van der Waals surface area contributed by atoms with Crippen molar-refractivity contribution < 1.29 is 5.11 Å². The third-order valence-corrected chi connectivity index (χ3v) is 4.21. The minimum atomic E-state index is -0.133. The summed E-state index contributed by atoms with van der Waals surface area (Å²) in [6.45, 7) is 4.47. The van der Waals surface area contributed by atoms with Crippen molar-refractivity contribution in [2.75, 3.05) is 0 Å². The van der Waals surface area contributed by atoms with Gasteiger partial charge in [0.25, 0.3) is 0 Å². The SMILES string of the molecule is CCCCCCCCC(O)CC(CC)c1ccccc1. The number of hydrogen-bond donors (Lipinski definition) is 1. The molecule has 0 spiro atoms. The van der Waals surface area contributed by atoms with Crippen LogP contribution >= 0.6 is 0 Å². The Morgan fingerprint density at radius 2 is 1.55 bits per heavy atom. The fourth-order valence-electron chi connectivity index (χ4n) is 2.87. The normalized spacial score (nSPS) is 14.2. The predicted octanol–water partition coefficient (Wildman–Crippen LogP) is 5.68. The zero-order chi connectivity index (χ0) is 14.6. The monoisotopic (exact) mass is 276 g/mol. The Balaban J connectivity index is 2.21. The lowest BCUT2D eigenvalue weighted by molar-refractivity contribution is 0.141. The van der Waals surface area contributed by atoms with E-state index in [1.54, 1.807) is 0 Å². The van der Waals surface area contributed by atoms with Gasteiger partial charge in [0.1, 0.15) is 0 Å². The standard InChI is InChI=1S/C19H32O/c1-3-5-6-7-8-12-15-19(20)16-17(4-2)18-13-10-9-11-14-18/h9-11,13-14,17,19-20H,3-8,12,15-16H2,1-2H3. The first-order valence-electron chi connectivity index (χ1n) is 8.50. The zero-order valence-electron chi connectivity index (χ0n) is 13.4. The minimum absolute atomic E-state index is 0.133. The molecule has 1 rings (SSSR count). The third-order valence-electron chi connectivity index (χ3n) is 4.21. The Hall–Kier alpha value is -0.820. The molecule has 2 atom stereocenters. The molecule has 0 bridgehead atoms. The molecule has 1 nitrogen and oxygen atoms in total. The van der Waals surface area contributed by atoms with Gasteiger partial charge in [-0.15, -0.1) is 0 Å². The highest BCUT2D eigenvalue weighted by atomic mass is 16.3. The molecule has 0 aromatic heterocycles. The smallest absolute Gasteiger partial charge is 0.0546 e. The molecular weight excluding hydrogens is 244 g/mol. The van der Waals surface area contributed by atoms with E-state index in [0.717, 1.165) is 19.3 Å². The summed E-state index contributed by atoms with van der Waals surface area (Å²) in [6.07, 6.45) is 10.7. The van der Waals surface area contributed by atoms with Crippen LogP contribution in [0.15, 0.2) is 30.3 Å². The van der Waals surface area contributed by atoms with Crippen LogP contribution in [0, 0.1) is 0 Å². The fraction of sp³-hybridized carbons (Fsp3) is 0.684. The van der Waals surface area contributed by atoms with Crippen LogP contribution in [-0.2, 0) is 0 Å². The number of aliphatic hydroxyl groups is 1. The molecule has 0 saturated carbocycles. The molecule has 114 valence electrons. The zero-order valence-corrected chi connectivity index (χ0v) is 13.4. The van der Waals surface area contributed by atoms with Crippen molar-refractivity contribution in [3.8, 4) is 0 Å². The van der Waals surface area contributed by atoms with E-state index in [9.17, 15) is 5.11 Å². The largest absolute Gasteiger partial charge is 0.393 e. The van der Waals surface area contributed by atoms with E-state index in [4.69, 9.17) is 0 Å². The highest BCUT2D eigenvalue weighted by Gasteiger charge is 2.14. The van der Waals surface area contributed by atoms with Gasteiger partial charge in [-0.3, -0.25) is 0 Å². The van der Waals surface area contributed by atoms with Gasteiger partial charge in [0.05, 0.1) is 6.10 Å². The summed E-state index contributed by atoms with van der Waals surface area (Å²) >= 11 is 0. The number of unbranched alkanes of at least 4 members (excludes halogenated alkanes) is 5. The van der Waals surface area contributed by atoms with E-state index >= 15 is 0 Å². The molecule has 0 heterocycles. The second-order valence-corrected chi connectivity index (χ2v) is 5.96. The summed E-state index contributed by atoms with van der Waals surface area (Å²) in [6, 6.07) is 10.6. The van der Waals surface area contributed by atoms with Crippen LogP contribution in [0.5, 0.6) is 0 Å². The van der Waals surface area contributed by atoms with E-state index in [-0.39, 0.29) is 6.10 Å². The Morgan fingerprint density at radius 3 is 2.20 bits per heavy atom. The highest BCUT2D eigenvalue weighted by Crippen LogP contribution is 2.26. The van der Waals surface area contributed by atoms with Gasteiger partial charge >= 0.3 is 0 Å². The van der Waals surface area contributed by atoms with Gasteiger partial charge in [0.2, 0.25) is 0 Å². The van der Waals surface area contributed by atoms with E-state index in [1.807, 2.05) is 0 Å². The molecule has 20 heavy (non-hydrogen) atoms. The van der Waals surface area contributed by atoms with Gasteiger partial charge < -0.3 is 5.11 Å². The van der Waals surface area contributed by atoms with Gasteiger partial charge in [0, 0.05) is 0 Å². The summed E-state index contributed by atoms with van der Waals surface area (Å²) < 4.78 is 0. The molecule has 0 aliphatic carbocycles. The van der Waals surface area contributed by atoms with Crippen molar-refractivity contribution in [3.05, 3.63) is 35.9 Å². The van der Waals surface area contributed by atoms with Gasteiger partial charge in [-0.2, -0.15) is 0 Å². The minimum Gasteiger partial charge on any atom is -0.393 e. The van der Waals surface area contributed by atoms with Crippen LogP contribution in [0.25, 0.3) is 0 Å². The molecule has 1 aromatic rings. The van der Waals surface area contributed by atoms with Gasteiger partial charge in [0.15, 0.2) is 0 Å². The molecule has 1 heteroatoms. The van der Waals surface area contributed by atoms with Gasteiger partial charge in [-0.05, 0) is 30.7 Å². The van der Waals surface area contributed by atoms with Crippen LogP contribution in [0.3, 0.4) is 0 Å². The maximum Gasteiger partial charge on any atom is 0.0546 e. The Morgan fingerprint density at radius 1 is 0.900 bits per heavy atom. The van der Waals surface area contributed by atoms with E-state index < -0.39 is 0 Å². The quantitative estimate of drug-likeness (QED) is 0.515. The van der Waals surface area contributed by atoms with Crippen molar-refractivity contribution in [2.24, 2.45) is 0 Å². The molecule has 1 N–H and O–H groups in total. The van der Waals surface area contributed by atoms with Gasteiger partial charge in [-0.1, -0.05) is 82.7 Å². The van der Waals surface area contributed by atoms with Crippen molar-refractivity contribution in [1.29, 1.82) is 0 Å². The molecule has 0 radical (unpaired) electrons. The first kappa shape index (κ1) is 17.2. The van der Waals surface area contributed by atoms with Gasteiger partial charge in [-0.25, -0.2) is 0 Å². The molecule has 0 amide bonds. The molecular formula is C19H32O. The average molecular weight is 276 g/mol. The predicted molar refractivity (Wildman–Crippen MR) is 88.1 cm³/mol. The summed E-state index contributed by atoms with van der Waals surface area (Å²) in [7, 11) is 0. The molecule has 0 saturated heterocycles. The maximum atomic E-state index is 10.2. The summed E-state index contributed by atoms with van der Waals surface area (Å²) in [5.41, 5.74) is 1.37. The summed E-state index contributed by atoms with van der Waals surface area (Å²) in [4.78, 5) is 0. The summed E-state index contributed by atoms with van der Waals surface area (Å²) in [5, 5.41) is 10.2. The number of benzene rings is 1. The Bertz CT molecular complexity index is 320. The molecule has 0 aliphatic heterocycles. The molecule has 0 fully saturated rings. The fourth-order valence-corrected chi connectivity index (χ4v) is 2.87. The Labute approximate surface area is 125 Å². The first-order chi connectivity index (χ1) is 9.77. The van der Waals surface area contributed by atoms with E-state index in [2.05, 4.69) is 44.2 Å². The second-order valence-electron chi connectivity index (χ2n) is 5.96. The van der Waals surface area contributed by atoms with Crippen molar-refractivity contribution in [1.82, 2.24) is 0 Å². The number of hydrogen-bond acceptors (Lipinski definition) is 1. The lowest BCUT2D eigenvalue weighted by Gasteiger charge is -2.19. The van der Waals surface area contributed by atoms with Crippen molar-refractivity contribution >= 4 is 0 Å². The molecule has 2 unspecified atom stereocenters. The molecule has 1 aromatic carbocycles. The van der Waals surface area contributed by atoms with Crippen molar-refractivity contribution in [2.45, 2.75) is 83.7 Å². The third kappa shape index (κ3) is 7.09. The van der Waals surface area contributed by atoms with Crippen LogP contribution < -0.4 is 0 Å². The van der Waals surface area contributed by atoms with E-state index in [0.29, 0.717) is 5.92 Å². The van der Waals surface area contributed by atoms with Crippen molar-refractivity contribution in [3.63, 3.8) is 0 Å². The number of aliphatic hydroxyl groups excluding tert-OH is 1. The summed E-state index contributed by atoms with van der Waals surface area (Å²) in [5.74, 6) is 0.506. The van der Waals surface area contributed by atoms with Crippen LogP contribution in [0.2, 0.25) is 0 Å². The van der Waals surface area contributed by atoms with E-state index in [1.165, 1.54) is 44.1 Å². The molecule has 0 aliphatic rings.